The van der Waals surface area contributed by atoms with Crippen LogP contribution in [-0.2, 0) is 6.54 Å². The predicted molar refractivity (Wildman–Crippen MR) is 83.5 cm³/mol. The fourth-order valence-corrected chi connectivity index (χ4v) is 4.39. The van der Waals surface area contributed by atoms with Crippen LogP contribution in [0, 0.1) is 0 Å². The summed E-state index contributed by atoms with van der Waals surface area (Å²) in [7, 11) is 0. The number of aromatic nitrogens is 3. The predicted octanol–water partition coefficient (Wildman–Crippen LogP) is 2.42. The molecule has 6 nitrogen and oxygen atoms in total. The van der Waals surface area contributed by atoms with Crippen molar-refractivity contribution in [3.8, 4) is 0 Å². The zero-order valence-corrected chi connectivity index (χ0v) is 13.1. The molecular formula is C15H19N5OS. The van der Waals surface area contributed by atoms with Crippen LogP contribution < -0.4 is 5.32 Å². The molecule has 2 fully saturated rings. The highest BCUT2D eigenvalue weighted by molar-refractivity contribution is 7.09. The van der Waals surface area contributed by atoms with Crippen molar-refractivity contribution < 1.29 is 4.79 Å². The number of rotatable bonds is 3. The third-order valence-electron chi connectivity index (χ3n) is 4.70. The average Bonchev–Trinajstić information content (AvgIpc) is 3.25. The molecule has 0 spiro atoms. The van der Waals surface area contributed by atoms with Gasteiger partial charge in [-0.3, -0.25) is 0 Å². The first-order valence-electron chi connectivity index (χ1n) is 7.75. The van der Waals surface area contributed by atoms with E-state index in [2.05, 4.69) is 26.5 Å². The molecule has 1 N–H and O–H groups in total. The molecule has 2 bridgehead atoms. The molecular weight excluding hydrogens is 298 g/mol. The summed E-state index contributed by atoms with van der Waals surface area (Å²) in [5.41, 5.74) is 0. The quantitative estimate of drug-likeness (QED) is 0.945. The van der Waals surface area contributed by atoms with Crippen molar-refractivity contribution in [3.63, 3.8) is 0 Å². The fourth-order valence-electron chi connectivity index (χ4n) is 3.75. The fraction of sp³-hybridized carbons (Fsp3) is 0.533. The number of carbonyl (C=O) groups excluding carboxylic acids is 1. The molecule has 0 saturated carbocycles. The normalized spacial score (nSPS) is 27.1. The number of piperidine rings is 1. The lowest BCUT2D eigenvalue weighted by Gasteiger charge is -2.38. The van der Waals surface area contributed by atoms with Gasteiger partial charge >= 0.3 is 6.03 Å². The van der Waals surface area contributed by atoms with Gasteiger partial charge in [0.15, 0.2) is 0 Å². The molecule has 0 aromatic carbocycles. The lowest BCUT2D eigenvalue weighted by molar-refractivity contribution is 0.115. The average molecular weight is 317 g/mol. The number of carbonyl (C=O) groups is 1. The summed E-state index contributed by atoms with van der Waals surface area (Å²) in [5, 5.41) is 13.6. The summed E-state index contributed by atoms with van der Waals surface area (Å²) in [6.45, 7) is 0.622. The zero-order chi connectivity index (χ0) is 14.9. The molecule has 2 atom stereocenters. The second-order valence-corrected chi connectivity index (χ2v) is 7.04. The molecule has 2 aromatic heterocycles. The van der Waals surface area contributed by atoms with E-state index in [4.69, 9.17) is 0 Å². The van der Waals surface area contributed by atoms with Crippen molar-refractivity contribution in [2.75, 3.05) is 0 Å². The van der Waals surface area contributed by atoms with Gasteiger partial charge in [0.2, 0.25) is 0 Å². The second-order valence-electron chi connectivity index (χ2n) is 6.01. The smallest absolute Gasteiger partial charge is 0.318 e. The third-order valence-corrected chi connectivity index (χ3v) is 5.58. The van der Waals surface area contributed by atoms with E-state index in [1.165, 1.54) is 4.88 Å². The van der Waals surface area contributed by atoms with Crippen molar-refractivity contribution in [2.24, 2.45) is 0 Å². The first-order chi connectivity index (χ1) is 10.8. The van der Waals surface area contributed by atoms with Crippen LogP contribution in [0.25, 0.3) is 0 Å². The minimum atomic E-state index is 0.0766. The third kappa shape index (κ3) is 2.49. The first kappa shape index (κ1) is 13.8. The van der Waals surface area contributed by atoms with Gasteiger partial charge in [-0.25, -0.2) is 4.79 Å². The standard InChI is InChI=1S/C15H19N5OS/c21-15(16-10-14-2-1-7-22-14)19-11-3-4-12(19)9-13(8-11)20-17-5-6-18-20/h1-2,5-7,11-13H,3-4,8-10H2,(H,16,21). The Morgan fingerprint density at radius 1 is 1.23 bits per heavy atom. The second kappa shape index (κ2) is 5.72. The van der Waals surface area contributed by atoms with Crippen molar-refractivity contribution in [1.82, 2.24) is 25.2 Å². The highest BCUT2D eigenvalue weighted by Crippen LogP contribution is 2.40. The van der Waals surface area contributed by atoms with E-state index in [1.54, 1.807) is 23.7 Å². The van der Waals surface area contributed by atoms with Gasteiger partial charge in [-0.2, -0.15) is 15.0 Å². The Kier molecular flexibility index (Phi) is 3.57. The molecule has 0 radical (unpaired) electrons. The molecule has 2 unspecified atom stereocenters. The summed E-state index contributed by atoms with van der Waals surface area (Å²) in [5.74, 6) is 0. The van der Waals surface area contributed by atoms with E-state index in [-0.39, 0.29) is 6.03 Å². The highest BCUT2D eigenvalue weighted by Gasteiger charge is 2.44. The Morgan fingerprint density at radius 2 is 1.95 bits per heavy atom. The Balaban J connectivity index is 1.40. The van der Waals surface area contributed by atoms with Crippen LogP contribution >= 0.6 is 11.3 Å². The highest BCUT2D eigenvalue weighted by atomic mass is 32.1. The topological polar surface area (TPSA) is 63.1 Å². The van der Waals surface area contributed by atoms with Crippen LogP contribution in [0.15, 0.2) is 29.9 Å². The van der Waals surface area contributed by atoms with Crippen molar-refractivity contribution in [2.45, 2.75) is 50.4 Å². The van der Waals surface area contributed by atoms with Crippen LogP contribution in [0.2, 0.25) is 0 Å². The van der Waals surface area contributed by atoms with Crippen molar-refractivity contribution in [1.29, 1.82) is 0 Å². The van der Waals surface area contributed by atoms with E-state index in [0.717, 1.165) is 25.7 Å². The first-order valence-corrected chi connectivity index (χ1v) is 8.63. The van der Waals surface area contributed by atoms with E-state index in [1.807, 2.05) is 16.2 Å². The van der Waals surface area contributed by atoms with Gasteiger partial charge in [0.05, 0.1) is 25.0 Å². The lowest BCUT2D eigenvalue weighted by Crippen LogP contribution is -2.51. The van der Waals surface area contributed by atoms with Gasteiger partial charge in [0.1, 0.15) is 0 Å². The maximum Gasteiger partial charge on any atom is 0.318 e. The van der Waals surface area contributed by atoms with Crippen LogP contribution in [-0.4, -0.2) is 38.0 Å². The molecule has 2 saturated heterocycles. The molecule has 2 aromatic rings. The molecule has 2 amide bonds. The Hall–Kier alpha value is -1.89. The summed E-state index contributed by atoms with van der Waals surface area (Å²) in [6, 6.07) is 5.10. The number of urea groups is 1. The van der Waals surface area contributed by atoms with E-state index in [0.29, 0.717) is 24.7 Å². The largest absolute Gasteiger partial charge is 0.333 e. The number of thiophene rings is 1. The van der Waals surface area contributed by atoms with Gasteiger partial charge in [0, 0.05) is 17.0 Å². The molecule has 4 rings (SSSR count). The van der Waals surface area contributed by atoms with E-state index >= 15 is 0 Å². The SMILES string of the molecule is O=C(NCc1cccs1)N1C2CCC1CC(n1nccn1)C2. The van der Waals surface area contributed by atoms with Gasteiger partial charge in [-0.15, -0.1) is 11.3 Å². The summed E-state index contributed by atoms with van der Waals surface area (Å²) in [6.07, 6.45) is 7.54. The molecule has 22 heavy (non-hydrogen) atoms. The lowest BCUT2D eigenvalue weighted by atomic mass is 9.98. The Labute approximate surface area is 133 Å². The monoisotopic (exact) mass is 317 g/mol. The van der Waals surface area contributed by atoms with Crippen molar-refractivity contribution >= 4 is 17.4 Å². The van der Waals surface area contributed by atoms with Gasteiger partial charge in [-0.05, 0) is 37.1 Å². The molecule has 2 aliphatic rings. The molecule has 2 aliphatic heterocycles. The van der Waals surface area contributed by atoms with Crippen LogP contribution in [0.4, 0.5) is 4.79 Å². The number of hydrogen-bond acceptors (Lipinski definition) is 4. The number of nitrogens with zero attached hydrogens (tertiary/aromatic N) is 4. The van der Waals surface area contributed by atoms with Crippen molar-refractivity contribution in [3.05, 3.63) is 34.8 Å². The summed E-state index contributed by atoms with van der Waals surface area (Å²) >= 11 is 1.67. The molecule has 0 aliphatic carbocycles. The summed E-state index contributed by atoms with van der Waals surface area (Å²) in [4.78, 5) is 17.6. The van der Waals surface area contributed by atoms with Gasteiger partial charge in [0.25, 0.3) is 0 Å². The number of amides is 2. The number of hydrogen-bond donors (Lipinski definition) is 1. The Bertz CT molecular complexity index is 612. The number of nitrogens with one attached hydrogen (secondary N) is 1. The zero-order valence-electron chi connectivity index (χ0n) is 12.3. The minimum Gasteiger partial charge on any atom is -0.333 e. The van der Waals surface area contributed by atoms with E-state index < -0.39 is 0 Å². The maximum absolute atomic E-state index is 12.5. The maximum atomic E-state index is 12.5. The molecule has 7 heteroatoms. The summed E-state index contributed by atoms with van der Waals surface area (Å²) < 4.78 is 0. The van der Waals surface area contributed by atoms with Crippen LogP contribution in [0.1, 0.15) is 36.6 Å². The van der Waals surface area contributed by atoms with E-state index in [9.17, 15) is 4.79 Å². The van der Waals surface area contributed by atoms with Gasteiger partial charge in [-0.1, -0.05) is 6.07 Å². The Morgan fingerprint density at radius 3 is 2.59 bits per heavy atom. The van der Waals surface area contributed by atoms with Crippen LogP contribution in [0.5, 0.6) is 0 Å². The molecule has 116 valence electrons. The minimum absolute atomic E-state index is 0.0766. The molecule has 4 heterocycles. The number of fused-ring (bicyclic) bond motifs is 2. The van der Waals surface area contributed by atoms with Crippen LogP contribution in [0.3, 0.4) is 0 Å². The van der Waals surface area contributed by atoms with Gasteiger partial charge < -0.3 is 10.2 Å².